The summed E-state index contributed by atoms with van der Waals surface area (Å²) in [6.45, 7) is 0. The summed E-state index contributed by atoms with van der Waals surface area (Å²) >= 11 is 0. The molecule has 1 heteroatoms. The van der Waals surface area contributed by atoms with Gasteiger partial charge in [0.25, 0.3) is 0 Å². The molecule has 0 saturated carbocycles. The largest absolute Gasteiger partial charge is 0.455 e. The summed E-state index contributed by atoms with van der Waals surface area (Å²) in [5.41, 5.74) is 6.71. The zero-order valence-corrected chi connectivity index (χ0v) is 20.1. The van der Waals surface area contributed by atoms with Crippen LogP contribution in [0.2, 0.25) is 0 Å². The van der Waals surface area contributed by atoms with Gasteiger partial charge >= 0.3 is 0 Å². The molecule has 0 spiro atoms. The highest BCUT2D eigenvalue weighted by Crippen LogP contribution is 2.43. The first-order valence-electron chi connectivity index (χ1n) is 12.7. The van der Waals surface area contributed by atoms with Crippen LogP contribution in [0.25, 0.3) is 76.5 Å². The van der Waals surface area contributed by atoms with Crippen LogP contribution in [0.5, 0.6) is 0 Å². The minimum Gasteiger partial charge on any atom is -0.455 e. The highest BCUT2D eigenvalue weighted by Gasteiger charge is 2.17. The maximum Gasteiger partial charge on any atom is 0.143 e. The zero-order chi connectivity index (χ0) is 24.3. The van der Waals surface area contributed by atoms with Gasteiger partial charge in [-0.1, -0.05) is 109 Å². The normalized spacial score (nSPS) is 11.8. The van der Waals surface area contributed by atoms with Gasteiger partial charge in [-0.2, -0.15) is 0 Å². The summed E-state index contributed by atoms with van der Waals surface area (Å²) < 4.78 is 6.69. The molecule has 0 fully saturated rings. The predicted molar refractivity (Wildman–Crippen MR) is 157 cm³/mol. The van der Waals surface area contributed by atoms with E-state index in [0.717, 1.165) is 21.9 Å². The van der Waals surface area contributed by atoms with Gasteiger partial charge in [0, 0.05) is 16.2 Å². The minimum atomic E-state index is 0.922. The van der Waals surface area contributed by atoms with E-state index in [4.69, 9.17) is 4.42 Å². The van der Waals surface area contributed by atoms with E-state index in [9.17, 15) is 0 Å². The van der Waals surface area contributed by atoms with E-state index in [1.54, 1.807) is 0 Å². The average molecular weight is 471 g/mol. The maximum absolute atomic E-state index is 6.69. The second-order valence-electron chi connectivity index (χ2n) is 9.72. The molecule has 8 aromatic rings. The molecule has 0 radical (unpaired) electrons. The van der Waals surface area contributed by atoms with Gasteiger partial charge < -0.3 is 4.42 Å². The van der Waals surface area contributed by atoms with Crippen LogP contribution in [-0.4, -0.2) is 0 Å². The van der Waals surface area contributed by atoms with Crippen LogP contribution in [0.15, 0.2) is 138 Å². The standard InChI is InChI=1S/C36H22O/c1-2-9-23(10-3-1)25-17-19-31-33(21-25)29-14-6-7-15-30(29)35-32-20-18-26(22-34(32)37-36(31)35)28-16-8-12-24-11-4-5-13-27(24)28/h1-22H. The summed E-state index contributed by atoms with van der Waals surface area (Å²) in [4.78, 5) is 0. The molecule has 1 heterocycles. The third-order valence-electron chi connectivity index (χ3n) is 7.65. The Kier molecular flexibility index (Phi) is 4.29. The van der Waals surface area contributed by atoms with Gasteiger partial charge in [0.2, 0.25) is 0 Å². The first-order valence-corrected chi connectivity index (χ1v) is 12.7. The molecule has 0 aliphatic carbocycles. The molecule has 172 valence electrons. The number of rotatable bonds is 2. The van der Waals surface area contributed by atoms with Crippen LogP contribution in [0.1, 0.15) is 0 Å². The second-order valence-corrected chi connectivity index (χ2v) is 9.72. The van der Waals surface area contributed by atoms with E-state index in [-0.39, 0.29) is 0 Å². The monoisotopic (exact) mass is 470 g/mol. The van der Waals surface area contributed by atoms with Gasteiger partial charge in [0.15, 0.2) is 0 Å². The van der Waals surface area contributed by atoms with Crippen LogP contribution in [0.4, 0.5) is 0 Å². The average Bonchev–Trinajstić information content (AvgIpc) is 3.36. The van der Waals surface area contributed by atoms with Crippen LogP contribution in [-0.2, 0) is 0 Å². The van der Waals surface area contributed by atoms with Gasteiger partial charge in [-0.3, -0.25) is 0 Å². The Morgan fingerprint density at radius 3 is 1.97 bits per heavy atom. The maximum atomic E-state index is 6.69. The van der Waals surface area contributed by atoms with E-state index in [1.165, 1.54) is 54.6 Å². The van der Waals surface area contributed by atoms with E-state index < -0.39 is 0 Å². The molecule has 0 saturated heterocycles. The molecule has 0 unspecified atom stereocenters. The van der Waals surface area contributed by atoms with Gasteiger partial charge in [0.1, 0.15) is 11.2 Å². The van der Waals surface area contributed by atoms with E-state index >= 15 is 0 Å². The molecule has 0 atom stereocenters. The lowest BCUT2D eigenvalue weighted by Gasteiger charge is -2.09. The molecule has 0 N–H and O–H groups in total. The fourth-order valence-electron chi connectivity index (χ4n) is 5.91. The van der Waals surface area contributed by atoms with Crippen molar-refractivity contribution >= 4 is 54.3 Å². The fourth-order valence-corrected chi connectivity index (χ4v) is 5.91. The van der Waals surface area contributed by atoms with Crippen molar-refractivity contribution in [3.63, 3.8) is 0 Å². The van der Waals surface area contributed by atoms with Crippen molar-refractivity contribution in [2.75, 3.05) is 0 Å². The molecule has 37 heavy (non-hydrogen) atoms. The van der Waals surface area contributed by atoms with Crippen molar-refractivity contribution in [1.82, 2.24) is 0 Å². The van der Waals surface area contributed by atoms with Crippen molar-refractivity contribution in [3.05, 3.63) is 133 Å². The lowest BCUT2D eigenvalue weighted by atomic mass is 9.93. The molecule has 8 rings (SSSR count). The lowest BCUT2D eigenvalue weighted by molar-refractivity contribution is 0.673. The van der Waals surface area contributed by atoms with E-state index in [1.807, 2.05) is 0 Å². The lowest BCUT2D eigenvalue weighted by Crippen LogP contribution is -1.83. The summed E-state index contributed by atoms with van der Waals surface area (Å²) in [7, 11) is 0. The molecule has 0 aliphatic heterocycles. The molecule has 7 aromatic carbocycles. The van der Waals surface area contributed by atoms with E-state index in [2.05, 4.69) is 133 Å². The topological polar surface area (TPSA) is 13.1 Å². The molecule has 1 aromatic heterocycles. The Balaban J connectivity index is 1.43. The molecular weight excluding hydrogens is 448 g/mol. The van der Waals surface area contributed by atoms with Crippen molar-refractivity contribution in [2.24, 2.45) is 0 Å². The summed E-state index contributed by atoms with van der Waals surface area (Å²) in [6.07, 6.45) is 0. The SMILES string of the molecule is c1ccc(-c2ccc3c(c2)c2ccccc2c2c4ccc(-c5cccc6ccccc56)cc4oc32)cc1. The van der Waals surface area contributed by atoms with Gasteiger partial charge in [0.05, 0.1) is 0 Å². The Bertz CT molecular complexity index is 2130. The van der Waals surface area contributed by atoms with Gasteiger partial charge in [-0.15, -0.1) is 0 Å². The highest BCUT2D eigenvalue weighted by molar-refractivity contribution is 6.30. The Labute approximate surface area is 214 Å². The second kappa shape index (κ2) is 7.81. The van der Waals surface area contributed by atoms with Crippen LogP contribution in [0.3, 0.4) is 0 Å². The fraction of sp³-hybridized carbons (Fsp3) is 0. The third kappa shape index (κ3) is 3.04. The first-order chi connectivity index (χ1) is 18.3. The number of fused-ring (bicyclic) bond motifs is 9. The molecule has 0 aliphatic rings. The minimum absolute atomic E-state index is 0.922. The Morgan fingerprint density at radius 1 is 0.378 bits per heavy atom. The van der Waals surface area contributed by atoms with Crippen molar-refractivity contribution in [3.8, 4) is 22.3 Å². The smallest absolute Gasteiger partial charge is 0.143 e. The Hall–Kier alpha value is -4.88. The predicted octanol–water partition coefficient (Wildman–Crippen LogP) is 10.4. The summed E-state index contributed by atoms with van der Waals surface area (Å²) in [5, 5.41) is 9.70. The third-order valence-corrected chi connectivity index (χ3v) is 7.65. The van der Waals surface area contributed by atoms with Crippen molar-refractivity contribution < 1.29 is 4.42 Å². The summed E-state index contributed by atoms with van der Waals surface area (Å²) in [6, 6.07) is 47.7. The van der Waals surface area contributed by atoms with Crippen molar-refractivity contribution in [1.29, 1.82) is 0 Å². The molecular formula is C36H22O. The number of benzene rings is 7. The van der Waals surface area contributed by atoms with Crippen LogP contribution >= 0.6 is 0 Å². The first kappa shape index (κ1) is 20.3. The molecule has 1 nitrogen and oxygen atoms in total. The van der Waals surface area contributed by atoms with Crippen LogP contribution in [0, 0.1) is 0 Å². The molecule has 0 amide bonds. The quantitative estimate of drug-likeness (QED) is 0.229. The number of hydrogen-bond donors (Lipinski definition) is 0. The Morgan fingerprint density at radius 2 is 1.08 bits per heavy atom. The molecule has 0 bridgehead atoms. The zero-order valence-electron chi connectivity index (χ0n) is 20.1. The van der Waals surface area contributed by atoms with Gasteiger partial charge in [-0.25, -0.2) is 0 Å². The highest BCUT2D eigenvalue weighted by atomic mass is 16.3. The van der Waals surface area contributed by atoms with Gasteiger partial charge in [-0.05, 0) is 73.5 Å². The number of furan rings is 1. The van der Waals surface area contributed by atoms with E-state index in [0.29, 0.717) is 0 Å². The van der Waals surface area contributed by atoms with Crippen LogP contribution < -0.4 is 0 Å². The van der Waals surface area contributed by atoms with Crippen molar-refractivity contribution in [2.45, 2.75) is 0 Å². The number of hydrogen-bond acceptors (Lipinski definition) is 1. The summed E-state index contributed by atoms with van der Waals surface area (Å²) in [5.74, 6) is 0.